The molecule has 0 aliphatic heterocycles. The summed E-state index contributed by atoms with van der Waals surface area (Å²) >= 11 is 6.01. The van der Waals surface area contributed by atoms with E-state index in [9.17, 15) is 8.42 Å². The molecule has 0 bridgehead atoms. The lowest BCUT2D eigenvalue weighted by Gasteiger charge is -2.09. The summed E-state index contributed by atoms with van der Waals surface area (Å²) in [5, 5.41) is 11.9. The van der Waals surface area contributed by atoms with Crippen molar-refractivity contribution in [2.75, 3.05) is 25.0 Å². The highest BCUT2D eigenvalue weighted by Crippen LogP contribution is 2.28. The minimum Gasteiger partial charge on any atom is -0.396 e. The number of aliphatic hydroxyl groups excluding tert-OH is 1. The molecule has 2 rings (SSSR count). The van der Waals surface area contributed by atoms with Crippen molar-refractivity contribution in [1.29, 1.82) is 0 Å². The number of hydrogen-bond donors (Lipinski definition) is 3. The lowest BCUT2D eigenvalue weighted by molar-refractivity contribution is 0.292. The average molecular weight is 320 g/mol. The topological polar surface area (TPSA) is 91.3 Å². The molecule has 1 heterocycles. The van der Waals surface area contributed by atoms with Gasteiger partial charge >= 0.3 is 0 Å². The maximum Gasteiger partial charge on any atom is 0.242 e. The number of rotatable bonds is 8. The zero-order chi connectivity index (χ0) is 14.6. The third-order valence-corrected chi connectivity index (χ3v) is 4.69. The molecule has 0 spiro atoms. The van der Waals surface area contributed by atoms with E-state index in [0.29, 0.717) is 31.2 Å². The van der Waals surface area contributed by atoms with Crippen LogP contribution in [0, 0.1) is 5.92 Å². The molecule has 3 N–H and O–H groups in total. The van der Waals surface area contributed by atoms with Gasteiger partial charge in [-0.15, -0.1) is 0 Å². The molecule has 0 atom stereocenters. The standard InChI is InChI=1S/C12H18ClN3O3S/c13-11-6-10(8-15-12(11)14-4-1-5-17)20(18,19)16-7-9-2-3-9/h6,8-9,16-17H,1-5,7H2,(H,14,15). The van der Waals surface area contributed by atoms with Gasteiger partial charge in [-0.2, -0.15) is 0 Å². The van der Waals surface area contributed by atoms with Crippen molar-refractivity contribution in [3.05, 3.63) is 17.3 Å². The second-order valence-corrected chi connectivity index (χ2v) is 6.97. The van der Waals surface area contributed by atoms with Crippen LogP contribution in [0.1, 0.15) is 19.3 Å². The van der Waals surface area contributed by atoms with Gasteiger partial charge in [0.15, 0.2) is 0 Å². The Hall–Kier alpha value is -0.890. The fourth-order valence-corrected chi connectivity index (χ4v) is 3.00. The Morgan fingerprint density at radius 3 is 2.80 bits per heavy atom. The molecule has 1 aromatic heterocycles. The van der Waals surface area contributed by atoms with E-state index in [1.54, 1.807) is 0 Å². The highest BCUT2D eigenvalue weighted by atomic mass is 35.5. The maximum absolute atomic E-state index is 12.0. The van der Waals surface area contributed by atoms with Gasteiger partial charge in [0, 0.05) is 25.9 Å². The monoisotopic (exact) mass is 319 g/mol. The summed E-state index contributed by atoms with van der Waals surface area (Å²) < 4.78 is 26.6. The molecular formula is C12H18ClN3O3S. The van der Waals surface area contributed by atoms with Gasteiger partial charge in [-0.25, -0.2) is 18.1 Å². The first-order valence-corrected chi connectivity index (χ1v) is 8.39. The zero-order valence-corrected chi connectivity index (χ0v) is 12.5. The van der Waals surface area contributed by atoms with E-state index in [1.807, 2.05) is 0 Å². The van der Waals surface area contributed by atoms with Gasteiger partial charge < -0.3 is 10.4 Å². The predicted molar refractivity (Wildman–Crippen MR) is 77.4 cm³/mol. The van der Waals surface area contributed by atoms with Gasteiger partial charge in [0.1, 0.15) is 10.7 Å². The lowest BCUT2D eigenvalue weighted by atomic mass is 10.4. The van der Waals surface area contributed by atoms with Crippen LogP contribution in [0.25, 0.3) is 0 Å². The van der Waals surface area contributed by atoms with Crippen molar-refractivity contribution in [2.24, 2.45) is 5.92 Å². The second kappa shape index (κ2) is 6.71. The van der Waals surface area contributed by atoms with Crippen LogP contribution in [0.15, 0.2) is 17.2 Å². The molecule has 20 heavy (non-hydrogen) atoms. The summed E-state index contributed by atoms with van der Waals surface area (Å²) in [6.45, 7) is 1.06. The number of hydrogen-bond acceptors (Lipinski definition) is 5. The van der Waals surface area contributed by atoms with Crippen molar-refractivity contribution in [2.45, 2.75) is 24.2 Å². The van der Waals surface area contributed by atoms with Gasteiger partial charge in [-0.1, -0.05) is 11.6 Å². The molecule has 1 aliphatic carbocycles. The van der Waals surface area contributed by atoms with Gasteiger partial charge in [0.2, 0.25) is 10.0 Å². The number of aromatic nitrogens is 1. The number of aliphatic hydroxyl groups is 1. The van der Waals surface area contributed by atoms with Crippen molar-refractivity contribution in [1.82, 2.24) is 9.71 Å². The van der Waals surface area contributed by atoms with Crippen LogP contribution in [0.5, 0.6) is 0 Å². The van der Waals surface area contributed by atoms with Crippen molar-refractivity contribution in [3.8, 4) is 0 Å². The molecule has 112 valence electrons. The first-order valence-electron chi connectivity index (χ1n) is 6.53. The van der Waals surface area contributed by atoms with Gasteiger partial charge in [-0.05, 0) is 31.2 Å². The van der Waals surface area contributed by atoms with E-state index in [1.165, 1.54) is 12.3 Å². The quantitative estimate of drug-likeness (QED) is 0.627. The van der Waals surface area contributed by atoms with E-state index >= 15 is 0 Å². The Balaban J connectivity index is 2.02. The van der Waals surface area contributed by atoms with E-state index in [-0.39, 0.29) is 16.5 Å². The Kier molecular flexibility index (Phi) is 5.20. The van der Waals surface area contributed by atoms with Crippen LogP contribution >= 0.6 is 11.6 Å². The normalized spacial score (nSPS) is 15.3. The van der Waals surface area contributed by atoms with E-state index < -0.39 is 10.0 Å². The van der Waals surface area contributed by atoms with Gasteiger partial charge in [-0.3, -0.25) is 0 Å². The molecule has 1 aliphatic rings. The van der Waals surface area contributed by atoms with Gasteiger partial charge in [0.25, 0.3) is 0 Å². The molecule has 0 radical (unpaired) electrons. The zero-order valence-electron chi connectivity index (χ0n) is 11.0. The highest BCUT2D eigenvalue weighted by Gasteiger charge is 2.24. The molecule has 6 nitrogen and oxygen atoms in total. The van der Waals surface area contributed by atoms with Crippen LogP contribution in [0.2, 0.25) is 5.02 Å². The number of sulfonamides is 1. The summed E-state index contributed by atoms with van der Waals surface area (Å²) in [6, 6.07) is 1.38. The smallest absolute Gasteiger partial charge is 0.242 e. The molecule has 1 aromatic rings. The van der Waals surface area contributed by atoms with Crippen molar-refractivity contribution >= 4 is 27.4 Å². The molecule has 0 unspecified atom stereocenters. The number of halogens is 1. The van der Waals surface area contributed by atoms with Crippen LogP contribution in [0.4, 0.5) is 5.82 Å². The first kappa shape index (κ1) is 15.5. The third kappa shape index (κ3) is 4.31. The summed E-state index contributed by atoms with van der Waals surface area (Å²) in [7, 11) is -3.54. The summed E-state index contributed by atoms with van der Waals surface area (Å²) in [4.78, 5) is 4.08. The van der Waals surface area contributed by atoms with Crippen molar-refractivity contribution in [3.63, 3.8) is 0 Å². The largest absolute Gasteiger partial charge is 0.396 e. The Bertz CT molecular complexity index is 561. The molecule has 8 heteroatoms. The van der Waals surface area contributed by atoms with E-state index in [4.69, 9.17) is 16.7 Å². The molecule has 1 saturated carbocycles. The maximum atomic E-state index is 12.0. The first-order chi connectivity index (χ1) is 9.53. The fourth-order valence-electron chi connectivity index (χ4n) is 1.62. The minimum absolute atomic E-state index is 0.0656. The van der Waals surface area contributed by atoms with Crippen LogP contribution in [-0.4, -0.2) is 38.2 Å². The molecule has 0 amide bonds. The molecular weight excluding hydrogens is 302 g/mol. The Morgan fingerprint density at radius 1 is 1.45 bits per heavy atom. The predicted octanol–water partition coefficient (Wildman–Crippen LogP) is 1.22. The average Bonchev–Trinajstić information content (AvgIpc) is 3.22. The van der Waals surface area contributed by atoms with Crippen LogP contribution < -0.4 is 10.0 Å². The number of nitrogens with one attached hydrogen (secondary N) is 2. The number of pyridine rings is 1. The van der Waals surface area contributed by atoms with Gasteiger partial charge in [0.05, 0.1) is 5.02 Å². The van der Waals surface area contributed by atoms with Crippen LogP contribution in [0.3, 0.4) is 0 Å². The third-order valence-electron chi connectivity index (χ3n) is 3.01. The number of nitrogens with zero attached hydrogens (tertiary/aromatic N) is 1. The summed E-state index contributed by atoms with van der Waals surface area (Å²) in [5.41, 5.74) is 0. The molecule has 0 aromatic carbocycles. The van der Waals surface area contributed by atoms with E-state index in [2.05, 4.69) is 15.0 Å². The summed E-state index contributed by atoms with van der Waals surface area (Å²) in [5.74, 6) is 0.883. The Labute approximate surface area is 123 Å². The second-order valence-electron chi connectivity index (χ2n) is 4.80. The van der Waals surface area contributed by atoms with Crippen LogP contribution in [-0.2, 0) is 10.0 Å². The van der Waals surface area contributed by atoms with E-state index in [0.717, 1.165) is 12.8 Å². The Morgan fingerprint density at radius 2 is 2.20 bits per heavy atom. The number of anilines is 1. The SMILES string of the molecule is O=S(=O)(NCC1CC1)c1cnc(NCCCO)c(Cl)c1. The summed E-state index contributed by atoms with van der Waals surface area (Å²) in [6.07, 6.45) is 4.01. The molecule has 0 saturated heterocycles. The molecule has 1 fully saturated rings. The highest BCUT2D eigenvalue weighted by molar-refractivity contribution is 7.89. The van der Waals surface area contributed by atoms with Crippen molar-refractivity contribution < 1.29 is 13.5 Å². The fraction of sp³-hybridized carbons (Fsp3) is 0.583. The lowest BCUT2D eigenvalue weighted by Crippen LogP contribution is -2.26. The minimum atomic E-state index is -3.54.